The zero-order chi connectivity index (χ0) is 22.1. The third-order valence-electron chi connectivity index (χ3n) is 6.61. The summed E-state index contributed by atoms with van der Waals surface area (Å²) in [6.07, 6.45) is 4.24. The number of nitrogens with zero attached hydrogens (tertiary/aromatic N) is 1. The van der Waals surface area contributed by atoms with Gasteiger partial charge in [-0.3, -0.25) is 9.59 Å². The number of benzene rings is 3. The van der Waals surface area contributed by atoms with Gasteiger partial charge >= 0.3 is 0 Å². The summed E-state index contributed by atoms with van der Waals surface area (Å²) in [5, 5.41) is 5.21. The molecule has 5 nitrogen and oxygen atoms in total. The molecular formula is C27H28N2O3. The van der Waals surface area contributed by atoms with E-state index in [1.54, 1.807) is 4.90 Å². The fourth-order valence-electron chi connectivity index (χ4n) is 4.90. The summed E-state index contributed by atoms with van der Waals surface area (Å²) >= 11 is 0. The minimum absolute atomic E-state index is 0.0790. The van der Waals surface area contributed by atoms with E-state index in [2.05, 4.69) is 5.32 Å². The van der Waals surface area contributed by atoms with Crippen LogP contribution in [0.4, 0.5) is 0 Å². The van der Waals surface area contributed by atoms with E-state index in [0.717, 1.165) is 53.1 Å². The van der Waals surface area contributed by atoms with Crippen LogP contribution in [0.25, 0.3) is 10.8 Å². The van der Waals surface area contributed by atoms with Gasteiger partial charge < -0.3 is 15.0 Å². The minimum Gasteiger partial charge on any atom is -0.483 e. The zero-order valence-corrected chi connectivity index (χ0v) is 18.3. The van der Waals surface area contributed by atoms with E-state index in [1.807, 2.05) is 67.6 Å². The summed E-state index contributed by atoms with van der Waals surface area (Å²) in [6, 6.07) is 19.4. The second-order valence-electron chi connectivity index (χ2n) is 8.89. The van der Waals surface area contributed by atoms with Gasteiger partial charge in [-0.25, -0.2) is 0 Å². The number of carbonyl (C=O) groups is 2. The highest BCUT2D eigenvalue weighted by Crippen LogP contribution is 2.39. The maximum absolute atomic E-state index is 13.8. The van der Waals surface area contributed by atoms with Crippen molar-refractivity contribution < 1.29 is 14.3 Å². The van der Waals surface area contributed by atoms with E-state index < -0.39 is 6.04 Å². The lowest BCUT2D eigenvalue weighted by Gasteiger charge is -2.31. The zero-order valence-electron chi connectivity index (χ0n) is 18.3. The van der Waals surface area contributed by atoms with Gasteiger partial charge in [-0.15, -0.1) is 0 Å². The van der Waals surface area contributed by atoms with Crippen LogP contribution >= 0.6 is 0 Å². The molecule has 1 heterocycles. The summed E-state index contributed by atoms with van der Waals surface area (Å²) in [4.78, 5) is 28.7. The van der Waals surface area contributed by atoms with Crippen molar-refractivity contribution in [3.05, 3.63) is 77.4 Å². The second kappa shape index (κ2) is 8.65. The molecule has 0 radical (unpaired) electrons. The van der Waals surface area contributed by atoms with E-state index in [4.69, 9.17) is 4.74 Å². The largest absolute Gasteiger partial charge is 0.483 e. The summed E-state index contributed by atoms with van der Waals surface area (Å²) in [5.74, 6) is 0.299. The Kier molecular flexibility index (Phi) is 5.56. The van der Waals surface area contributed by atoms with E-state index in [0.29, 0.717) is 12.3 Å². The Labute approximate surface area is 188 Å². The van der Waals surface area contributed by atoms with Crippen molar-refractivity contribution in [2.45, 2.75) is 51.2 Å². The molecular weight excluding hydrogens is 400 g/mol. The van der Waals surface area contributed by atoms with Gasteiger partial charge in [-0.1, -0.05) is 73.0 Å². The highest BCUT2D eigenvalue weighted by Gasteiger charge is 2.38. The standard InChI is InChI=1S/C27H28N2O3/c1-18-10-12-19(13-11-18)16-29-24(30)17-32-23-15-14-20-6-2-5-9-22(20)25(23)26(29)27(31)28-21-7-3-4-8-21/h2,5-6,9-15,21,26H,3-4,7-8,16-17H2,1H3,(H,28,31). The molecule has 0 saturated heterocycles. The number of rotatable bonds is 4. The van der Waals surface area contributed by atoms with Crippen LogP contribution in [0.3, 0.4) is 0 Å². The van der Waals surface area contributed by atoms with Crippen molar-refractivity contribution in [3.8, 4) is 5.75 Å². The highest BCUT2D eigenvalue weighted by molar-refractivity contribution is 5.97. The first-order valence-corrected chi connectivity index (χ1v) is 11.4. The molecule has 1 fully saturated rings. The fourth-order valence-corrected chi connectivity index (χ4v) is 4.90. The number of amides is 2. The molecule has 5 heteroatoms. The van der Waals surface area contributed by atoms with E-state index in [1.165, 1.54) is 0 Å². The number of fused-ring (bicyclic) bond motifs is 3. The van der Waals surface area contributed by atoms with Gasteiger partial charge in [-0.2, -0.15) is 0 Å². The second-order valence-corrected chi connectivity index (χ2v) is 8.89. The topological polar surface area (TPSA) is 58.6 Å². The lowest BCUT2D eigenvalue weighted by atomic mass is 9.95. The molecule has 3 aromatic carbocycles. The van der Waals surface area contributed by atoms with Crippen LogP contribution in [0.2, 0.25) is 0 Å². The summed E-state index contributed by atoms with van der Waals surface area (Å²) < 4.78 is 5.94. The molecule has 1 aliphatic heterocycles. The predicted molar refractivity (Wildman–Crippen MR) is 124 cm³/mol. The normalized spacial score (nSPS) is 18.8. The molecule has 1 aliphatic carbocycles. The van der Waals surface area contributed by atoms with E-state index in [9.17, 15) is 9.59 Å². The van der Waals surface area contributed by atoms with Crippen LogP contribution in [0, 0.1) is 6.92 Å². The summed E-state index contributed by atoms with van der Waals surface area (Å²) in [6.45, 7) is 2.31. The van der Waals surface area contributed by atoms with Crippen molar-refractivity contribution in [2.24, 2.45) is 0 Å². The Bertz CT molecular complexity index is 1150. The van der Waals surface area contributed by atoms with E-state index in [-0.39, 0.29) is 24.5 Å². The molecule has 1 unspecified atom stereocenters. The van der Waals surface area contributed by atoms with Gasteiger partial charge in [0.25, 0.3) is 5.91 Å². The molecule has 1 atom stereocenters. The molecule has 2 aliphatic rings. The molecule has 1 N–H and O–H groups in total. The lowest BCUT2D eigenvalue weighted by molar-refractivity contribution is -0.142. The predicted octanol–water partition coefficient (Wildman–Crippen LogP) is 4.67. The fraction of sp³-hybridized carbons (Fsp3) is 0.333. The van der Waals surface area contributed by atoms with Crippen LogP contribution < -0.4 is 10.1 Å². The van der Waals surface area contributed by atoms with Crippen molar-refractivity contribution in [2.75, 3.05) is 6.61 Å². The van der Waals surface area contributed by atoms with Crippen LogP contribution in [-0.4, -0.2) is 29.4 Å². The number of carbonyl (C=O) groups excluding carboxylic acids is 2. The smallest absolute Gasteiger partial charge is 0.261 e. The highest BCUT2D eigenvalue weighted by atomic mass is 16.5. The summed E-state index contributed by atoms with van der Waals surface area (Å²) in [5.41, 5.74) is 2.93. The molecule has 0 aromatic heterocycles. The SMILES string of the molecule is Cc1ccc(CN2C(=O)COc3ccc4ccccc4c3C2C(=O)NC2CCCC2)cc1. The molecule has 3 aromatic rings. The Morgan fingerprint density at radius 1 is 1.03 bits per heavy atom. The lowest BCUT2D eigenvalue weighted by Crippen LogP contribution is -2.46. The molecule has 2 amide bonds. The van der Waals surface area contributed by atoms with Crippen LogP contribution in [0.5, 0.6) is 5.75 Å². The van der Waals surface area contributed by atoms with Crippen LogP contribution in [0.1, 0.15) is 48.4 Å². The average Bonchev–Trinajstić information content (AvgIpc) is 3.27. The van der Waals surface area contributed by atoms with Crippen LogP contribution in [0.15, 0.2) is 60.7 Å². The van der Waals surface area contributed by atoms with Gasteiger partial charge in [0.15, 0.2) is 6.61 Å². The molecule has 32 heavy (non-hydrogen) atoms. The Balaban J connectivity index is 1.61. The molecule has 0 spiro atoms. The summed E-state index contributed by atoms with van der Waals surface area (Å²) in [7, 11) is 0. The van der Waals surface area contributed by atoms with Gasteiger partial charge in [0.2, 0.25) is 5.91 Å². The number of ether oxygens (including phenoxy) is 1. The van der Waals surface area contributed by atoms with Gasteiger partial charge in [0, 0.05) is 18.2 Å². The Morgan fingerprint density at radius 2 is 1.78 bits per heavy atom. The monoisotopic (exact) mass is 428 g/mol. The molecule has 5 rings (SSSR count). The van der Waals surface area contributed by atoms with Gasteiger partial charge in [-0.05, 0) is 42.2 Å². The van der Waals surface area contributed by atoms with Crippen molar-refractivity contribution in [1.82, 2.24) is 10.2 Å². The maximum Gasteiger partial charge on any atom is 0.261 e. The molecule has 0 bridgehead atoms. The Hall–Kier alpha value is -3.34. The van der Waals surface area contributed by atoms with Crippen molar-refractivity contribution >= 4 is 22.6 Å². The quantitative estimate of drug-likeness (QED) is 0.657. The number of hydrogen-bond acceptors (Lipinski definition) is 3. The maximum atomic E-state index is 13.8. The first-order chi connectivity index (χ1) is 15.6. The van der Waals surface area contributed by atoms with E-state index >= 15 is 0 Å². The van der Waals surface area contributed by atoms with Crippen LogP contribution in [-0.2, 0) is 16.1 Å². The third kappa shape index (κ3) is 3.95. The Morgan fingerprint density at radius 3 is 2.56 bits per heavy atom. The number of aryl methyl sites for hydroxylation is 1. The molecule has 164 valence electrons. The van der Waals surface area contributed by atoms with Crippen molar-refractivity contribution in [3.63, 3.8) is 0 Å². The van der Waals surface area contributed by atoms with Gasteiger partial charge in [0.05, 0.1) is 0 Å². The minimum atomic E-state index is -0.743. The number of nitrogens with one attached hydrogen (secondary N) is 1. The first kappa shape index (κ1) is 20.6. The van der Waals surface area contributed by atoms with Crippen molar-refractivity contribution in [1.29, 1.82) is 0 Å². The third-order valence-corrected chi connectivity index (χ3v) is 6.61. The van der Waals surface area contributed by atoms with Gasteiger partial charge in [0.1, 0.15) is 11.8 Å². The average molecular weight is 429 g/mol. The number of hydrogen-bond donors (Lipinski definition) is 1. The molecule has 1 saturated carbocycles. The first-order valence-electron chi connectivity index (χ1n) is 11.4.